The summed E-state index contributed by atoms with van der Waals surface area (Å²) in [6.45, 7) is 0.843. The Morgan fingerprint density at radius 3 is 2.61 bits per heavy atom. The number of nitrogens with two attached hydrogens (primary N) is 1. The predicted octanol–water partition coefficient (Wildman–Crippen LogP) is 3.11. The van der Waals surface area contributed by atoms with E-state index in [0.29, 0.717) is 0 Å². The summed E-state index contributed by atoms with van der Waals surface area (Å²) in [5, 5.41) is 0. The first kappa shape index (κ1) is 10.7. The van der Waals surface area contributed by atoms with Crippen LogP contribution in [0.4, 0.5) is 5.69 Å². The summed E-state index contributed by atoms with van der Waals surface area (Å²) in [6.07, 6.45) is 7.93. The molecule has 0 bridgehead atoms. The third-order valence-electron chi connectivity index (χ3n) is 3.03. The van der Waals surface area contributed by atoms with Gasteiger partial charge in [0.1, 0.15) is 0 Å². The van der Waals surface area contributed by atoms with Crippen molar-refractivity contribution in [2.45, 2.75) is 6.54 Å². The fourth-order valence-corrected chi connectivity index (χ4v) is 2.14. The second kappa shape index (κ2) is 4.45. The zero-order valence-electron chi connectivity index (χ0n) is 10.0. The van der Waals surface area contributed by atoms with Gasteiger partial charge in [0.15, 0.2) is 0 Å². The standard InChI is InChI=1S/C15H15N3/c16-15-11-18(9-12-4-2-1-3-5-12)10-14(15)13-6-7-17-8-13/h1-8,10-11,17H,9,16H2. The SMILES string of the molecule is Nc1cn(Cc2ccccc2)cc1-c1cc[nH]c1. The molecule has 2 heterocycles. The molecule has 0 aliphatic heterocycles. The van der Waals surface area contributed by atoms with Gasteiger partial charge in [-0.15, -0.1) is 0 Å². The van der Waals surface area contributed by atoms with Crippen LogP contribution in [-0.4, -0.2) is 9.55 Å². The Bertz CT molecular complexity index is 621. The summed E-state index contributed by atoms with van der Waals surface area (Å²) in [6, 6.07) is 12.4. The van der Waals surface area contributed by atoms with Gasteiger partial charge in [-0.3, -0.25) is 0 Å². The van der Waals surface area contributed by atoms with Gasteiger partial charge in [-0.2, -0.15) is 0 Å². The van der Waals surface area contributed by atoms with Crippen LogP contribution >= 0.6 is 0 Å². The van der Waals surface area contributed by atoms with Crippen LogP contribution < -0.4 is 5.73 Å². The van der Waals surface area contributed by atoms with Crippen molar-refractivity contribution in [2.24, 2.45) is 0 Å². The van der Waals surface area contributed by atoms with Crippen LogP contribution in [-0.2, 0) is 6.54 Å². The molecule has 0 aliphatic rings. The second-order valence-electron chi connectivity index (χ2n) is 4.38. The molecule has 3 heteroatoms. The van der Waals surface area contributed by atoms with Gasteiger partial charge in [-0.1, -0.05) is 30.3 Å². The quantitative estimate of drug-likeness (QED) is 0.722. The van der Waals surface area contributed by atoms with Gasteiger partial charge < -0.3 is 15.3 Å². The van der Waals surface area contributed by atoms with Crippen molar-refractivity contribution < 1.29 is 0 Å². The third-order valence-corrected chi connectivity index (χ3v) is 3.03. The Balaban J connectivity index is 1.89. The minimum absolute atomic E-state index is 0.811. The Morgan fingerprint density at radius 1 is 1.06 bits per heavy atom. The van der Waals surface area contributed by atoms with E-state index in [-0.39, 0.29) is 0 Å². The number of rotatable bonds is 3. The molecule has 90 valence electrons. The van der Waals surface area contributed by atoms with E-state index in [2.05, 4.69) is 40.0 Å². The largest absolute Gasteiger partial charge is 0.397 e. The van der Waals surface area contributed by atoms with Crippen LogP contribution in [0.25, 0.3) is 11.1 Å². The minimum atomic E-state index is 0.811. The van der Waals surface area contributed by atoms with Crippen LogP contribution in [0.1, 0.15) is 5.56 Å². The van der Waals surface area contributed by atoms with Gasteiger partial charge in [0.05, 0.1) is 5.69 Å². The third kappa shape index (κ3) is 2.02. The molecule has 0 saturated heterocycles. The number of aromatic nitrogens is 2. The molecule has 3 N–H and O–H groups in total. The van der Waals surface area contributed by atoms with Crippen molar-refractivity contribution in [3.63, 3.8) is 0 Å². The fraction of sp³-hybridized carbons (Fsp3) is 0.0667. The van der Waals surface area contributed by atoms with Gasteiger partial charge in [0, 0.05) is 42.5 Å². The number of benzene rings is 1. The summed E-state index contributed by atoms with van der Waals surface area (Å²) < 4.78 is 2.12. The van der Waals surface area contributed by atoms with E-state index in [4.69, 9.17) is 5.73 Å². The van der Waals surface area contributed by atoms with Crippen molar-refractivity contribution in [2.75, 3.05) is 5.73 Å². The Labute approximate surface area is 106 Å². The molecular weight excluding hydrogens is 222 g/mol. The first-order chi connectivity index (χ1) is 8.83. The molecule has 3 nitrogen and oxygen atoms in total. The van der Waals surface area contributed by atoms with E-state index < -0.39 is 0 Å². The summed E-state index contributed by atoms with van der Waals surface area (Å²) >= 11 is 0. The number of nitrogen functional groups attached to an aromatic ring is 1. The average Bonchev–Trinajstić information content (AvgIpc) is 3.00. The molecular formula is C15H15N3. The molecule has 0 radical (unpaired) electrons. The lowest BCUT2D eigenvalue weighted by atomic mass is 10.2. The molecule has 3 aromatic rings. The van der Waals surface area contributed by atoms with Crippen molar-refractivity contribution in [3.05, 3.63) is 66.7 Å². The monoisotopic (exact) mass is 237 g/mol. The summed E-state index contributed by atoms with van der Waals surface area (Å²) in [5.41, 5.74) is 10.3. The summed E-state index contributed by atoms with van der Waals surface area (Å²) in [7, 11) is 0. The lowest BCUT2D eigenvalue weighted by Crippen LogP contribution is -1.95. The zero-order valence-corrected chi connectivity index (χ0v) is 10.0. The Hall–Kier alpha value is -2.42. The van der Waals surface area contributed by atoms with Crippen LogP contribution in [0.3, 0.4) is 0 Å². The van der Waals surface area contributed by atoms with E-state index in [1.54, 1.807) is 0 Å². The summed E-state index contributed by atoms with van der Waals surface area (Å²) in [5.74, 6) is 0. The number of aromatic amines is 1. The number of hydrogen-bond acceptors (Lipinski definition) is 1. The predicted molar refractivity (Wildman–Crippen MR) is 74.2 cm³/mol. The topological polar surface area (TPSA) is 46.7 Å². The highest BCUT2D eigenvalue weighted by atomic mass is 15.0. The molecule has 0 saturated carbocycles. The molecule has 0 aliphatic carbocycles. The summed E-state index contributed by atoms with van der Waals surface area (Å²) in [4.78, 5) is 3.05. The highest BCUT2D eigenvalue weighted by Gasteiger charge is 2.06. The molecule has 0 amide bonds. The number of hydrogen-bond donors (Lipinski definition) is 2. The smallest absolute Gasteiger partial charge is 0.0574 e. The van der Waals surface area contributed by atoms with Crippen molar-refractivity contribution in [1.82, 2.24) is 9.55 Å². The molecule has 1 aromatic carbocycles. The molecule has 2 aromatic heterocycles. The normalized spacial score (nSPS) is 10.7. The van der Waals surface area contributed by atoms with Crippen molar-refractivity contribution in [3.8, 4) is 11.1 Å². The number of anilines is 1. The highest BCUT2D eigenvalue weighted by molar-refractivity contribution is 5.75. The number of nitrogens with zero attached hydrogens (tertiary/aromatic N) is 1. The first-order valence-corrected chi connectivity index (χ1v) is 5.95. The highest BCUT2D eigenvalue weighted by Crippen LogP contribution is 2.26. The number of nitrogens with one attached hydrogen (secondary N) is 1. The van der Waals surface area contributed by atoms with Crippen molar-refractivity contribution in [1.29, 1.82) is 0 Å². The maximum atomic E-state index is 6.05. The van der Waals surface area contributed by atoms with Crippen LogP contribution in [0.15, 0.2) is 61.2 Å². The zero-order chi connectivity index (χ0) is 12.4. The molecule has 0 spiro atoms. The Kier molecular flexibility index (Phi) is 2.65. The van der Waals surface area contributed by atoms with E-state index >= 15 is 0 Å². The molecule has 0 fully saturated rings. The van der Waals surface area contributed by atoms with E-state index in [9.17, 15) is 0 Å². The molecule has 0 atom stereocenters. The molecule has 3 rings (SSSR count). The fourth-order valence-electron chi connectivity index (χ4n) is 2.14. The Morgan fingerprint density at radius 2 is 1.89 bits per heavy atom. The van der Waals surface area contributed by atoms with Gasteiger partial charge in [-0.25, -0.2) is 0 Å². The lowest BCUT2D eigenvalue weighted by Gasteiger charge is -2.02. The van der Waals surface area contributed by atoms with Crippen LogP contribution in [0, 0.1) is 0 Å². The van der Waals surface area contributed by atoms with Crippen LogP contribution in [0.5, 0.6) is 0 Å². The average molecular weight is 237 g/mol. The first-order valence-electron chi connectivity index (χ1n) is 5.95. The van der Waals surface area contributed by atoms with Gasteiger partial charge in [0.25, 0.3) is 0 Å². The van der Waals surface area contributed by atoms with Gasteiger partial charge >= 0.3 is 0 Å². The second-order valence-corrected chi connectivity index (χ2v) is 4.38. The van der Waals surface area contributed by atoms with Crippen LogP contribution in [0.2, 0.25) is 0 Å². The van der Waals surface area contributed by atoms with E-state index in [1.165, 1.54) is 5.56 Å². The maximum absolute atomic E-state index is 6.05. The van der Waals surface area contributed by atoms with E-state index in [1.807, 2.05) is 30.7 Å². The number of H-pyrrole nitrogens is 1. The van der Waals surface area contributed by atoms with E-state index in [0.717, 1.165) is 23.4 Å². The molecule has 0 unspecified atom stereocenters. The van der Waals surface area contributed by atoms with Gasteiger partial charge in [0.2, 0.25) is 0 Å². The van der Waals surface area contributed by atoms with Gasteiger partial charge in [-0.05, 0) is 11.6 Å². The maximum Gasteiger partial charge on any atom is 0.0574 e. The minimum Gasteiger partial charge on any atom is -0.397 e. The molecule has 18 heavy (non-hydrogen) atoms. The lowest BCUT2D eigenvalue weighted by molar-refractivity contribution is 0.807. The van der Waals surface area contributed by atoms with Crippen molar-refractivity contribution >= 4 is 5.69 Å².